The number of hydrogen-bond acceptors (Lipinski definition) is 0. The Balaban J connectivity index is 2.20. The summed E-state index contributed by atoms with van der Waals surface area (Å²) in [5.41, 5.74) is 2.71. The van der Waals surface area contributed by atoms with Crippen molar-refractivity contribution in [1.82, 2.24) is 0 Å². The van der Waals surface area contributed by atoms with Gasteiger partial charge >= 0.3 is 0 Å². The second-order valence-corrected chi connectivity index (χ2v) is 5.57. The molecule has 0 aliphatic heterocycles. The maximum atomic E-state index is 6.63. The standard InChI is InChI=1S/C18H21Cl/c1-2-9-18(19)17(16-12-7-4-8-13-16)14-15-10-5-3-6-11-15/h3-8,10-13,17-18H,2,9,14H2,1H3. The highest BCUT2D eigenvalue weighted by atomic mass is 35.5. The lowest BCUT2D eigenvalue weighted by Gasteiger charge is -2.22. The molecule has 1 heteroatoms. The van der Waals surface area contributed by atoms with Gasteiger partial charge in [0.1, 0.15) is 0 Å². The van der Waals surface area contributed by atoms with Crippen molar-refractivity contribution in [3.63, 3.8) is 0 Å². The molecule has 2 unspecified atom stereocenters. The maximum absolute atomic E-state index is 6.63. The van der Waals surface area contributed by atoms with Crippen LogP contribution in [0, 0.1) is 0 Å². The molecule has 0 saturated carbocycles. The van der Waals surface area contributed by atoms with Gasteiger partial charge in [0.05, 0.1) is 0 Å². The van der Waals surface area contributed by atoms with Gasteiger partial charge in [0, 0.05) is 11.3 Å². The van der Waals surface area contributed by atoms with Crippen LogP contribution < -0.4 is 0 Å². The summed E-state index contributed by atoms with van der Waals surface area (Å²) in [4.78, 5) is 0. The van der Waals surface area contributed by atoms with E-state index in [1.165, 1.54) is 11.1 Å². The van der Waals surface area contributed by atoms with E-state index in [2.05, 4.69) is 67.6 Å². The summed E-state index contributed by atoms with van der Waals surface area (Å²) >= 11 is 6.63. The third-order valence-corrected chi connectivity index (χ3v) is 4.05. The predicted molar refractivity (Wildman–Crippen MR) is 83.9 cm³/mol. The van der Waals surface area contributed by atoms with E-state index < -0.39 is 0 Å². The quantitative estimate of drug-likeness (QED) is 0.616. The molecule has 2 rings (SSSR count). The molecule has 0 spiro atoms. The molecule has 0 amide bonds. The monoisotopic (exact) mass is 272 g/mol. The summed E-state index contributed by atoms with van der Waals surface area (Å²) in [5.74, 6) is 0.394. The molecular formula is C18H21Cl. The Morgan fingerprint density at radius 2 is 1.47 bits per heavy atom. The minimum Gasteiger partial charge on any atom is -0.122 e. The first-order valence-corrected chi connectivity index (χ1v) is 7.48. The molecule has 100 valence electrons. The van der Waals surface area contributed by atoms with Crippen LogP contribution >= 0.6 is 11.6 Å². The van der Waals surface area contributed by atoms with E-state index in [0.29, 0.717) is 5.92 Å². The van der Waals surface area contributed by atoms with E-state index in [-0.39, 0.29) is 5.38 Å². The van der Waals surface area contributed by atoms with Crippen molar-refractivity contribution in [2.45, 2.75) is 37.5 Å². The van der Waals surface area contributed by atoms with Crippen molar-refractivity contribution in [2.75, 3.05) is 0 Å². The molecule has 0 nitrogen and oxygen atoms in total. The maximum Gasteiger partial charge on any atom is 0.0407 e. The highest BCUT2D eigenvalue weighted by Gasteiger charge is 2.20. The average molecular weight is 273 g/mol. The van der Waals surface area contributed by atoms with E-state index in [1.54, 1.807) is 0 Å². The number of benzene rings is 2. The largest absolute Gasteiger partial charge is 0.122 e. The van der Waals surface area contributed by atoms with E-state index in [4.69, 9.17) is 11.6 Å². The normalized spacial score (nSPS) is 14.0. The molecule has 0 radical (unpaired) electrons. The summed E-state index contributed by atoms with van der Waals surface area (Å²) in [6.45, 7) is 2.19. The zero-order valence-electron chi connectivity index (χ0n) is 11.4. The smallest absolute Gasteiger partial charge is 0.0407 e. The van der Waals surface area contributed by atoms with Gasteiger partial charge in [-0.25, -0.2) is 0 Å². The van der Waals surface area contributed by atoms with Crippen LogP contribution in [0.3, 0.4) is 0 Å². The lowest BCUT2D eigenvalue weighted by atomic mass is 9.87. The van der Waals surface area contributed by atoms with Gasteiger partial charge in [-0.05, 0) is 24.0 Å². The van der Waals surface area contributed by atoms with Gasteiger partial charge in [-0.2, -0.15) is 0 Å². The highest BCUT2D eigenvalue weighted by molar-refractivity contribution is 6.21. The molecule has 19 heavy (non-hydrogen) atoms. The van der Waals surface area contributed by atoms with Crippen LogP contribution in [0.15, 0.2) is 60.7 Å². The Bertz CT molecular complexity index is 464. The predicted octanol–water partition coefficient (Wildman–Crippen LogP) is 5.42. The minimum absolute atomic E-state index is 0.201. The summed E-state index contributed by atoms with van der Waals surface area (Å²) in [7, 11) is 0. The number of rotatable bonds is 6. The van der Waals surface area contributed by atoms with Crippen LogP contribution in [0.1, 0.15) is 36.8 Å². The van der Waals surface area contributed by atoms with Crippen LogP contribution in [0.5, 0.6) is 0 Å². The molecular weight excluding hydrogens is 252 g/mol. The van der Waals surface area contributed by atoms with Crippen LogP contribution in [0.25, 0.3) is 0 Å². The van der Waals surface area contributed by atoms with Crippen LogP contribution in [-0.2, 0) is 6.42 Å². The second kappa shape index (κ2) is 7.35. The Hall–Kier alpha value is -1.27. The topological polar surface area (TPSA) is 0 Å². The molecule has 0 fully saturated rings. The lowest BCUT2D eigenvalue weighted by molar-refractivity contribution is 0.590. The van der Waals surface area contributed by atoms with Gasteiger partial charge in [-0.1, -0.05) is 74.0 Å². The Morgan fingerprint density at radius 1 is 0.895 bits per heavy atom. The fourth-order valence-corrected chi connectivity index (χ4v) is 2.95. The molecule has 0 bridgehead atoms. The van der Waals surface area contributed by atoms with Crippen molar-refractivity contribution in [3.05, 3.63) is 71.8 Å². The van der Waals surface area contributed by atoms with E-state index in [1.807, 2.05) is 0 Å². The third kappa shape index (κ3) is 4.11. The summed E-state index contributed by atoms with van der Waals surface area (Å²) in [6.07, 6.45) is 3.21. The number of alkyl halides is 1. The first kappa shape index (κ1) is 14.1. The third-order valence-electron chi connectivity index (χ3n) is 3.53. The van der Waals surface area contributed by atoms with Gasteiger partial charge in [0.2, 0.25) is 0 Å². The molecule has 2 atom stereocenters. The van der Waals surface area contributed by atoms with Gasteiger partial charge in [0.15, 0.2) is 0 Å². The zero-order valence-corrected chi connectivity index (χ0v) is 12.2. The molecule has 0 N–H and O–H groups in total. The van der Waals surface area contributed by atoms with Crippen LogP contribution in [0.4, 0.5) is 0 Å². The van der Waals surface area contributed by atoms with Crippen molar-refractivity contribution >= 4 is 11.6 Å². The van der Waals surface area contributed by atoms with Gasteiger partial charge < -0.3 is 0 Å². The van der Waals surface area contributed by atoms with Crippen molar-refractivity contribution in [3.8, 4) is 0 Å². The van der Waals surface area contributed by atoms with Crippen LogP contribution in [-0.4, -0.2) is 5.38 Å². The van der Waals surface area contributed by atoms with Crippen molar-refractivity contribution in [1.29, 1.82) is 0 Å². The lowest BCUT2D eigenvalue weighted by Crippen LogP contribution is -2.15. The van der Waals surface area contributed by atoms with E-state index in [0.717, 1.165) is 19.3 Å². The zero-order chi connectivity index (χ0) is 13.5. The van der Waals surface area contributed by atoms with Crippen molar-refractivity contribution in [2.24, 2.45) is 0 Å². The van der Waals surface area contributed by atoms with Gasteiger partial charge in [-0.15, -0.1) is 11.6 Å². The Labute approximate surface area is 121 Å². The Kier molecular flexibility index (Phi) is 5.47. The van der Waals surface area contributed by atoms with Crippen LogP contribution in [0.2, 0.25) is 0 Å². The minimum atomic E-state index is 0.201. The SMILES string of the molecule is CCCC(Cl)C(Cc1ccccc1)c1ccccc1. The van der Waals surface area contributed by atoms with Crippen molar-refractivity contribution < 1.29 is 0 Å². The molecule has 2 aromatic rings. The summed E-state index contributed by atoms with van der Waals surface area (Å²) < 4.78 is 0. The first-order chi connectivity index (χ1) is 9.31. The fourth-order valence-electron chi connectivity index (χ4n) is 2.50. The first-order valence-electron chi connectivity index (χ1n) is 7.04. The second-order valence-electron chi connectivity index (χ2n) is 5.01. The van der Waals surface area contributed by atoms with Gasteiger partial charge in [-0.3, -0.25) is 0 Å². The number of halogens is 1. The molecule has 0 aromatic heterocycles. The number of hydrogen-bond donors (Lipinski definition) is 0. The summed E-state index contributed by atoms with van der Waals surface area (Å²) in [5, 5.41) is 0.201. The summed E-state index contributed by atoms with van der Waals surface area (Å²) in [6, 6.07) is 21.3. The van der Waals surface area contributed by atoms with E-state index in [9.17, 15) is 0 Å². The molecule has 0 heterocycles. The fraction of sp³-hybridized carbons (Fsp3) is 0.333. The Morgan fingerprint density at radius 3 is 2.05 bits per heavy atom. The van der Waals surface area contributed by atoms with E-state index >= 15 is 0 Å². The van der Waals surface area contributed by atoms with Gasteiger partial charge in [0.25, 0.3) is 0 Å². The molecule has 0 aliphatic carbocycles. The average Bonchev–Trinajstić information content (AvgIpc) is 2.47. The molecule has 0 aliphatic rings. The molecule has 0 saturated heterocycles. The molecule has 2 aromatic carbocycles. The highest BCUT2D eigenvalue weighted by Crippen LogP contribution is 2.30.